The van der Waals surface area contributed by atoms with Gasteiger partial charge in [-0.3, -0.25) is 14.6 Å². The van der Waals surface area contributed by atoms with Crippen LogP contribution in [0.2, 0.25) is 0 Å². The van der Waals surface area contributed by atoms with Crippen LogP contribution in [0.25, 0.3) is 16.5 Å². The number of amides is 2. The SMILES string of the molecule is CCOC(=O)N1CCC(N2C(=O)C(=O)/C(=C(\O)c3ccc4ccccc4c3)C2c2ccncc2)CC1. The summed E-state index contributed by atoms with van der Waals surface area (Å²) < 4.78 is 5.10. The van der Waals surface area contributed by atoms with Crippen LogP contribution in [0.5, 0.6) is 0 Å². The van der Waals surface area contributed by atoms with Gasteiger partial charge in [0.15, 0.2) is 0 Å². The molecule has 2 aliphatic heterocycles. The number of ether oxygens (including phenoxy) is 1. The number of piperidine rings is 1. The quantitative estimate of drug-likeness (QED) is 0.336. The second-order valence-corrected chi connectivity index (χ2v) is 8.97. The Hall–Kier alpha value is -4.20. The number of rotatable bonds is 4. The highest BCUT2D eigenvalue weighted by atomic mass is 16.6. The number of Topliss-reactive ketones (excluding diaryl/α,β-unsaturated/α-hetero) is 1. The molecule has 2 saturated heterocycles. The standard InChI is InChI=1S/C28H27N3O5/c1-2-36-28(35)30-15-11-22(12-16-30)31-24(19-9-13-29-14-10-19)23(26(33)27(31)34)25(32)21-8-7-18-5-3-4-6-20(18)17-21/h3-10,13-14,17,22,24,32H,2,11-12,15-16H2,1H3/b25-23-. The number of aliphatic hydroxyl groups excluding tert-OH is 1. The average molecular weight is 486 g/mol. The molecule has 0 spiro atoms. The van der Waals surface area contributed by atoms with E-state index in [0.29, 0.717) is 43.7 Å². The molecule has 1 aromatic heterocycles. The maximum atomic E-state index is 13.4. The number of ketones is 1. The third-order valence-corrected chi connectivity index (χ3v) is 6.91. The van der Waals surface area contributed by atoms with E-state index < -0.39 is 17.7 Å². The number of carbonyl (C=O) groups excluding carboxylic acids is 3. The van der Waals surface area contributed by atoms with Gasteiger partial charge in [-0.1, -0.05) is 36.4 Å². The van der Waals surface area contributed by atoms with Crippen LogP contribution in [0.3, 0.4) is 0 Å². The lowest BCUT2D eigenvalue weighted by Crippen LogP contribution is -2.48. The van der Waals surface area contributed by atoms with Crippen LogP contribution < -0.4 is 0 Å². The molecule has 1 N–H and O–H groups in total. The highest BCUT2D eigenvalue weighted by Gasteiger charge is 2.49. The molecule has 0 radical (unpaired) electrons. The highest BCUT2D eigenvalue weighted by molar-refractivity contribution is 6.46. The van der Waals surface area contributed by atoms with Crippen molar-refractivity contribution in [3.8, 4) is 0 Å². The van der Waals surface area contributed by atoms with Gasteiger partial charge in [-0.2, -0.15) is 0 Å². The smallest absolute Gasteiger partial charge is 0.409 e. The average Bonchev–Trinajstić information content (AvgIpc) is 3.18. The molecule has 8 nitrogen and oxygen atoms in total. The van der Waals surface area contributed by atoms with Crippen molar-refractivity contribution in [2.24, 2.45) is 0 Å². The maximum Gasteiger partial charge on any atom is 0.409 e. The summed E-state index contributed by atoms with van der Waals surface area (Å²) in [6.07, 6.45) is 3.84. The Kier molecular flexibility index (Phi) is 6.41. The summed E-state index contributed by atoms with van der Waals surface area (Å²) in [5.74, 6) is -1.56. The van der Waals surface area contributed by atoms with Crippen LogP contribution in [0, 0.1) is 0 Å². The number of hydrogen-bond donors (Lipinski definition) is 1. The molecular weight excluding hydrogens is 458 g/mol. The first-order chi connectivity index (χ1) is 17.5. The fourth-order valence-electron chi connectivity index (χ4n) is 5.13. The summed E-state index contributed by atoms with van der Waals surface area (Å²) in [5.41, 5.74) is 1.23. The molecule has 0 saturated carbocycles. The molecular formula is C28H27N3O5. The predicted molar refractivity (Wildman–Crippen MR) is 134 cm³/mol. The van der Waals surface area contributed by atoms with Crippen molar-refractivity contribution in [2.45, 2.75) is 31.8 Å². The Morgan fingerprint density at radius 1 is 1.03 bits per heavy atom. The number of benzene rings is 2. The summed E-state index contributed by atoms with van der Waals surface area (Å²) in [6, 6.07) is 15.7. The molecule has 3 heterocycles. The minimum atomic E-state index is -0.751. The lowest BCUT2D eigenvalue weighted by atomic mass is 9.93. The number of pyridine rings is 1. The first-order valence-electron chi connectivity index (χ1n) is 12.1. The zero-order valence-corrected chi connectivity index (χ0v) is 20.0. The summed E-state index contributed by atoms with van der Waals surface area (Å²) in [7, 11) is 0. The van der Waals surface area contributed by atoms with Crippen LogP contribution in [-0.4, -0.2) is 63.4 Å². The van der Waals surface area contributed by atoms with Gasteiger partial charge >= 0.3 is 6.09 Å². The van der Waals surface area contributed by atoms with Gasteiger partial charge in [-0.25, -0.2) is 4.79 Å². The van der Waals surface area contributed by atoms with Gasteiger partial charge in [-0.05, 0) is 54.3 Å². The maximum absolute atomic E-state index is 13.4. The fourth-order valence-corrected chi connectivity index (χ4v) is 5.13. The van der Waals surface area contributed by atoms with Gasteiger partial charge in [0.05, 0.1) is 18.2 Å². The van der Waals surface area contributed by atoms with Crippen molar-refractivity contribution in [3.05, 3.63) is 83.7 Å². The monoisotopic (exact) mass is 485 g/mol. The summed E-state index contributed by atoms with van der Waals surface area (Å²) >= 11 is 0. The highest BCUT2D eigenvalue weighted by Crippen LogP contribution is 2.42. The van der Waals surface area contributed by atoms with E-state index in [9.17, 15) is 19.5 Å². The van der Waals surface area contributed by atoms with Crippen LogP contribution in [-0.2, 0) is 14.3 Å². The number of aromatic nitrogens is 1. The molecule has 1 atom stereocenters. The van der Waals surface area contributed by atoms with Gasteiger partial charge in [0.25, 0.3) is 11.7 Å². The second kappa shape index (κ2) is 9.81. The first-order valence-corrected chi connectivity index (χ1v) is 12.1. The van der Waals surface area contributed by atoms with Gasteiger partial charge in [0.2, 0.25) is 0 Å². The van der Waals surface area contributed by atoms with Crippen molar-refractivity contribution in [1.29, 1.82) is 0 Å². The van der Waals surface area contributed by atoms with E-state index in [1.807, 2.05) is 36.4 Å². The van der Waals surface area contributed by atoms with Crippen LogP contribution in [0.15, 0.2) is 72.6 Å². The van der Waals surface area contributed by atoms with Crippen LogP contribution in [0.1, 0.15) is 36.9 Å². The van der Waals surface area contributed by atoms with Gasteiger partial charge in [-0.15, -0.1) is 0 Å². The van der Waals surface area contributed by atoms with Crippen LogP contribution >= 0.6 is 0 Å². The number of nitrogens with zero attached hydrogens (tertiary/aromatic N) is 3. The van der Waals surface area contributed by atoms with Gasteiger partial charge in [0, 0.05) is 37.1 Å². The molecule has 3 aromatic rings. The molecule has 5 rings (SSSR count). The van der Waals surface area contributed by atoms with E-state index in [0.717, 1.165) is 10.8 Å². The zero-order valence-electron chi connectivity index (χ0n) is 20.0. The fraction of sp³-hybridized carbons (Fsp3) is 0.286. The molecule has 0 bridgehead atoms. The molecule has 2 amide bonds. The minimum Gasteiger partial charge on any atom is -0.507 e. The van der Waals surface area contributed by atoms with Crippen LogP contribution in [0.4, 0.5) is 4.79 Å². The number of likely N-dealkylation sites (tertiary alicyclic amines) is 2. The van der Waals surface area contributed by atoms with E-state index in [4.69, 9.17) is 4.74 Å². The Bertz CT molecular complexity index is 1350. The normalized spacial score (nSPS) is 20.2. The van der Waals surface area contributed by atoms with Crippen molar-refractivity contribution >= 4 is 34.3 Å². The number of fused-ring (bicyclic) bond motifs is 1. The third kappa shape index (κ3) is 4.19. The van der Waals surface area contributed by atoms with Crippen molar-refractivity contribution in [1.82, 2.24) is 14.8 Å². The van der Waals surface area contributed by atoms with Gasteiger partial charge < -0.3 is 19.6 Å². The Balaban J connectivity index is 1.54. The minimum absolute atomic E-state index is 0.0642. The topological polar surface area (TPSA) is 100 Å². The Morgan fingerprint density at radius 3 is 2.42 bits per heavy atom. The summed E-state index contributed by atoms with van der Waals surface area (Å²) in [5, 5.41) is 13.3. The largest absolute Gasteiger partial charge is 0.507 e. The molecule has 8 heteroatoms. The van der Waals surface area contributed by atoms with E-state index in [1.54, 1.807) is 47.3 Å². The molecule has 2 fully saturated rings. The van der Waals surface area contributed by atoms with E-state index in [2.05, 4.69) is 4.98 Å². The first kappa shape index (κ1) is 23.5. The number of aliphatic hydroxyl groups is 1. The lowest BCUT2D eigenvalue weighted by molar-refractivity contribution is -0.142. The molecule has 36 heavy (non-hydrogen) atoms. The zero-order chi connectivity index (χ0) is 25.2. The van der Waals surface area contributed by atoms with Crippen molar-refractivity contribution in [3.63, 3.8) is 0 Å². The molecule has 1 unspecified atom stereocenters. The molecule has 2 aliphatic rings. The number of carbonyl (C=O) groups is 3. The van der Waals surface area contributed by atoms with Crippen molar-refractivity contribution < 1.29 is 24.2 Å². The number of hydrogen-bond acceptors (Lipinski definition) is 6. The Labute approximate surface area is 208 Å². The van der Waals surface area contributed by atoms with E-state index in [1.165, 1.54) is 0 Å². The Morgan fingerprint density at radius 2 is 1.72 bits per heavy atom. The third-order valence-electron chi connectivity index (χ3n) is 6.91. The summed E-state index contributed by atoms with van der Waals surface area (Å²) in [6.45, 7) is 2.89. The molecule has 184 valence electrons. The predicted octanol–water partition coefficient (Wildman–Crippen LogP) is 4.28. The van der Waals surface area contributed by atoms with E-state index in [-0.39, 0.29) is 23.5 Å². The van der Waals surface area contributed by atoms with E-state index >= 15 is 0 Å². The second-order valence-electron chi connectivity index (χ2n) is 8.97. The van der Waals surface area contributed by atoms with Gasteiger partial charge in [0.1, 0.15) is 5.76 Å². The lowest BCUT2D eigenvalue weighted by Gasteiger charge is -2.38. The molecule has 0 aliphatic carbocycles. The summed E-state index contributed by atoms with van der Waals surface area (Å²) in [4.78, 5) is 46.2. The molecule has 2 aromatic carbocycles. The van der Waals surface area contributed by atoms with Crippen molar-refractivity contribution in [2.75, 3.05) is 19.7 Å².